The van der Waals surface area contributed by atoms with Gasteiger partial charge in [0.15, 0.2) is 5.82 Å². The SMILES string of the molecule is CC12CC3CC(C)(C1)CC(c1nnnn1CC(=O)O)(C3)C2. The molecular formula is C15H22N4O2. The lowest BCUT2D eigenvalue weighted by atomic mass is 9.40. The number of hydrogen-bond acceptors (Lipinski definition) is 4. The summed E-state index contributed by atoms with van der Waals surface area (Å²) < 4.78 is 1.52. The summed E-state index contributed by atoms with van der Waals surface area (Å²) in [6, 6.07) is 0. The molecule has 6 heteroatoms. The standard InChI is InChI=1S/C15H22N4O2/c1-13-3-10-4-14(2,7-13)9-15(5-10,8-13)12-16-17-18-19(12)6-11(20)21/h10H,3-9H2,1-2H3,(H,20,21). The van der Waals surface area contributed by atoms with Crippen molar-refractivity contribution in [2.24, 2.45) is 16.7 Å². The largest absolute Gasteiger partial charge is 0.480 e. The Bertz CT molecular complexity index is 593. The minimum Gasteiger partial charge on any atom is -0.480 e. The van der Waals surface area contributed by atoms with E-state index in [2.05, 4.69) is 29.4 Å². The van der Waals surface area contributed by atoms with Crippen LogP contribution in [0.3, 0.4) is 0 Å². The van der Waals surface area contributed by atoms with Crippen LogP contribution < -0.4 is 0 Å². The Kier molecular flexibility index (Phi) is 2.42. The number of aliphatic carboxylic acids is 1. The van der Waals surface area contributed by atoms with Crippen LogP contribution in [0, 0.1) is 16.7 Å². The van der Waals surface area contributed by atoms with Crippen LogP contribution in [0.25, 0.3) is 0 Å². The predicted octanol–water partition coefficient (Wildman–Crippen LogP) is 2.01. The molecule has 1 aromatic rings. The number of rotatable bonds is 3. The molecule has 2 atom stereocenters. The first kappa shape index (κ1) is 13.2. The molecule has 4 bridgehead atoms. The van der Waals surface area contributed by atoms with Crippen LogP contribution in [0.2, 0.25) is 0 Å². The number of carboxylic acids is 1. The summed E-state index contributed by atoms with van der Waals surface area (Å²) >= 11 is 0. The third kappa shape index (κ3) is 1.91. The Morgan fingerprint density at radius 1 is 1.24 bits per heavy atom. The summed E-state index contributed by atoms with van der Waals surface area (Å²) in [4.78, 5) is 11.1. The molecule has 1 aromatic heterocycles. The summed E-state index contributed by atoms with van der Waals surface area (Å²) in [5.41, 5.74) is 0.726. The molecule has 1 N–H and O–H groups in total. The monoisotopic (exact) mass is 290 g/mol. The van der Waals surface area contributed by atoms with Crippen molar-refractivity contribution in [2.45, 2.75) is 64.3 Å². The first-order valence-corrected chi connectivity index (χ1v) is 7.80. The van der Waals surface area contributed by atoms with Gasteiger partial charge in [-0.3, -0.25) is 4.79 Å². The number of carbonyl (C=O) groups is 1. The molecule has 0 saturated heterocycles. The summed E-state index contributed by atoms with van der Waals surface area (Å²) in [5.74, 6) is 0.670. The highest BCUT2D eigenvalue weighted by Crippen LogP contribution is 2.69. The van der Waals surface area contributed by atoms with Gasteiger partial charge in [-0.2, -0.15) is 0 Å². The highest BCUT2D eigenvalue weighted by Gasteiger charge is 2.62. The molecule has 21 heavy (non-hydrogen) atoms. The van der Waals surface area contributed by atoms with E-state index in [1.807, 2.05) is 0 Å². The van der Waals surface area contributed by atoms with E-state index < -0.39 is 5.97 Å². The maximum atomic E-state index is 11.1. The predicted molar refractivity (Wildman–Crippen MR) is 74.5 cm³/mol. The van der Waals surface area contributed by atoms with Gasteiger partial charge in [0.1, 0.15) is 6.54 Å². The van der Waals surface area contributed by atoms with Crippen molar-refractivity contribution in [3.63, 3.8) is 0 Å². The quantitative estimate of drug-likeness (QED) is 0.921. The van der Waals surface area contributed by atoms with Gasteiger partial charge >= 0.3 is 5.97 Å². The lowest BCUT2D eigenvalue weighted by Crippen LogP contribution is -2.57. The van der Waals surface area contributed by atoms with Crippen molar-refractivity contribution in [2.75, 3.05) is 0 Å². The van der Waals surface area contributed by atoms with Crippen LogP contribution in [-0.2, 0) is 16.8 Å². The molecule has 0 aliphatic heterocycles. The first-order valence-electron chi connectivity index (χ1n) is 7.80. The molecule has 4 saturated carbocycles. The lowest BCUT2D eigenvalue weighted by molar-refractivity contribution is -0.138. The van der Waals surface area contributed by atoms with E-state index in [9.17, 15) is 4.79 Å². The van der Waals surface area contributed by atoms with Gasteiger partial charge in [0.2, 0.25) is 0 Å². The fraction of sp³-hybridized carbons (Fsp3) is 0.867. The van der Waals surface area contributed by atoms with E-state index in [4.69, 9.17) is 5.11 Å². The van der Waals surface area contributed by atoms with Gasteiger partial charge in [-0.25, -0.2) is 4.68 Å². The minimum atomic E-state index is -0.884. The smallest absolute Gasteiger partial charge is 0.325 e. The van der Waals surface area contributed by atoms with Gasteiger partial charge in [-0.05, 0) is 65.7 Å². The van der Waals surface area contributed by atoms with Crippen LogP contribution in [0.5, 0.6) is 0 Å². The van der Waals surface area contributed by atoms with Gasteiger partial charge in [-0.1, -0.05) is 13.8 Å². The highest BCUT2D eigenvalue weighted by molar-refractivity contribution is 5.66. The van der Waals surface area contributed by atoms with Crippen LogP contribution in [0.4, 0.5) is 0 Å². The van der Waals surface area contributed by atoms with E-state index in [1.54, 1.807) is 0 Å². The average Bonchev–Trinajstić information content (AvgIpc) is 2.71. The van der Waals surface area contributed by atoms with Gasteiger partial charge in [0.05, 0.1) is 0 Å². The van der Waals surface area contributed by atoms with Crippen molar-refractivity contribution in [3.05, 3.63) is 5.82 Å². The Morgan fingerprint density at radius 2 is 1.90 bits per heavy atom. The first-order chi connectivity index (χ1) is 9.82. The second-order valence-electron chi connectivity index (χ2n) is 8.46. The number of nitrogens with zero attached hydrogens (tertiary/aromatic N) is 4. The van der Waals surface area contributed by atoms with Crippen molar-refractivity contribution >= 4 is 5.97 Å². The van der Waals surface area contributed by atoms with E-state index >= 15 is 0 Å². The van der Waals surface area contributed by atoms with Crippen molar-refractivity contribution in [1.82, 2.24) is 20.2 Å². The molecule has 6 nitrogen and oxygen atoms in total. The van der Waals surface area contributed by atoms with E-state index in [0.717, 1.165) is 31.0 Å². The zero-order chi connectivity index (χ0) is 14.9. The van der Waals surface area contributed by atoms with Gasteiger partial charge in [0, 0.05) is 5.41 Å². The topological polar surface area (TPSA) is 80.9 Å². The minimum absolute atomic E-state index is 0.0120. The zero-order valence-corrected chi connectivity index (χ0v) is 12.7. The molecule has 4 aliphatic rings. The molecule has 0 aromatic carbocycles. The maximum absolute atomic E-state index is 11.1. The normalized spacial score (nSPS) is 44.2. The van der Waals surface area contributed by atoms with Crippen LogP contribution >= 0.6 is 0 Å². The molecule has 4 aliphatic carbocycles. The number of hydrogen-bond donors (Lipinski definition) is 1. The molecule has 5 rings (SSSR count). The van der Waals surface area contributed by atoms with Crippen LogP contribution in [-0.4, -0.2) is 31.3 Å². The third-order valence-electron chi connectivity index (χ3n) is 5.92. The Balaban J connectivity index is 1.78. The highest BCUT2D eigenvalue weighted by atomic mass is 16.4. The molecule has 0 amide bonds. The van der Waals surface area contributed by atoms with E-state index in [-0.39, 0.29) is 12.0 Å². The van der Waals surface area contributed by atoms with Gasteiger partial charge in [0.25, 0.3) is 0 Å². The number of tetrazole rings is 1. The molecule has 1 heterocycles. The van der Waals surface area contributed by atoms with Gasteiger partial charge in [-0.15, -0.1) is 5.10 Å². The molecule has 4 fully saturated rings. The van der Waals surface area contributed by atoms with Crippen LogP contribution in [0.15, 0.2) is 0 Å². The summed E-state index contributed by atoms with van der Waals surface area (Å²) in [6.45, 7) is 4.66. The van der Waals surface area contributed by atoms with Crippen molar-refractivity contribution in [1.29, 1.82) is 0 Å². The second kappa shape index (κ2) is 3.84. The Labute approximate surface area is 123 Å². The maximum Gasteiger partial charge on any atom is 0.325 e. The lowest BCUT2D eigenvalue weighted by Gasteiger charge is -2.64. The van der Waals surface area contributed by atoms with E-state index in [1.165, 1.54) is 23.9 Å². The van der Waals surface area contributed by atoms with E-state index in [0.29, 0.717) is 10.8 Å². The second-order valence-corrected chi connectivity index (χ2v) is 8.46. The fourth-order valence-corrected chi connectivity index (χ4v) is 6.52. The van der Waals surface area contributed by atoms with Gasteiger partial charge < -0.3 is 5.11 Å². The Hall–Kier alpha value is -1.46. The summed E-state index contributed by atoms with van der Waals surface area (Å²) in [7, 11) is 0. The summed E-state index contributed by atoms with van der Waals surface area (Å²) in [6.07, 6.45) is 7.24. The van der Waals surface area contributed by atoms with Crippen molar-refractivity contribution in [3.8, 4) is 0 Å². The molecule has 114 valence electrons. The van der Waals surface area contributed by atoms with Crippen LogP contribution in [0.1, 0.15) is 58.2 Å². The molecule has 0 radical (unpaired) electrons. The fourth-order valence-electron chi connectivity index (χ4n) is 6.52. The Morgan fingerprint density at radius 3 is 2.48 bits per heavy atom. The number of carboxylic acid groups (broad SMARTS) is 1. The average molecular weight is 290 g/mol. The zero-order valence-electron chi connectivity index (χ0n) is 12.7. The molecule has 0 spiro atoms. The summed E-state index contributed by atoms with van der Waals surface area (Å²) in [5, 5.41) is 21.0. The molecule has 2 unspecified atom stereocenters. The number of aromatic nitrogens is 4. The third-order valence-corrected chi connectivity index (χ3v) is 5.92. The molecular weight excluding hydrogens is 268 g/mol. The van der Waals surface area contributed by atoms with Crippen molar-refractivity contribution < 1.29 is 9.90 Å².